The number of halogens is 4. The van der Waals surface area contributed by atoms with E-state index in [1.807, 2.05) is 0 Å². The van der Waals surface area contributed by atoms with Gasteiger partial charge in [0.05, 0.1) is 0 Å². The van der Waals surface area contributed by atoms with Crippen molar-refractivity contribution in [2.75, 3.05) is 0 Å². The van der Waals surface area contributed by atoms with Gasteiger partial charge >= 0.3 is 11.9 Å². The molecule has 15 heavy (non-hydrogen) atoms. The van der Waals surface area contributed by atoms with E-state index >= 15 is 0 Å². The fourth-order valence-electron chi connectivity index (χ4n) is 0.994. The Morgan fingerprint density at radius 1 is 1.47 bits per heavy atom. The number of carboxylic acid groups (broad SMARTS) is 1. The molecule has 0 aromatic heterocycles. The van der Waals surface area contributed by atoms with Crippen molar-refractivity contribution in [2.24, 2.45) is 0 Å². The predicted octanol–water partition coefficient (Wildman–Crippen LogP) is 2.85. The maximum Gasteiger partial charge on any atom is 0.374 e. The highest BCUT2D eigenvalue weighted by Gasteiger charge is 2.39. The lowest BCUT2D eigenvalue weighted by molar-refractivity contribution is -0.164. The molecule has 2 nitrogen and oxygen atoms in total. The van der Waals surface area contributed by atoms with Crippen molar-refractivity contribution < 1.29 is 23.1 Å². The fourth-order valence-corrected chi connectivity index (χ4v) is 1.38. The molecule has 0 heterocycles. The zero-order valence-electron chi connectivity index (χ0n) is 7.31. The monoisotopic (exact) mass is 282 g/mol. The fraction of sp³-hybridized carbons (Fsp3) is 0.222. The van der Waals surface area contributed by atoms with Crippen molar-refractivity contribution in [1.82, 2.24) is 0 Å². The number of carbonyl (C=O) groups is 1. The Morgan fingerprint density at radius 2 is 2.07 bits per heavy atom. The van der Waals surface area contributed by atoms with Crippen LogP contribution in [-0.4, -0.2) is 17.0 Å². The van der Waals surface area contributed by atoms with Crippen LogP contribution in [-0.2, 0) is 11.2 Å². The number of benzene rings is 1. The predicted molar refractivity (Wildman–Crippen MR) is 50.4 cm³/mol. The second-order valence-corrected chi connectivity index (χ2v) is 3.78. The standard InChI is InChI=1S/C9H6BrF3O2/c10-7-2-1-6(11)3-5(7)4-9(12,13)8(14)15/h1-3H,4H2,(H,14,15). The highest BCUT2D eigenvalue weighted by Crippen LogP contribution is 2.26. The zero-order valence-corrected chi connectivity index (χ0v) is 8.89. The highest BCUT2D eigenvalue weighted by molar-refractivity contribution is 9.10. The Kier molecular flexibility index (Phi) is 3.38. The van der Waals surface area contributed by atoms with Gasteiger partial charge in [0.25, 0.3) is 0 Å². The molecule has 1 rings (SSSR count). The van der Waals surface area contributed by atoms with Gasteiger partial charge in [-0.05, 0) is 23.8 Å². The normalized spacial score (nSPS) is 11.5. The van der Waals surface area contributed by atoms with Crippen LogP contribution in [0.1, 0.15) is 5.56 Å². The lowest BCUT2D eigenvalue weighted by Gasteiger charge is -2.12. The Hall–Kier alpha value is -1.04. The number of aliphatic carboxylic acids is 1. The molecular formula is C9H6BrF3O2. The SMILES string of the molecule is O=C(O)C(F)(F)Cc1cc(F)ccc1Br. The number of carboxylic acids is 1. The molecule has 0 aliphatic carbocycles. The molecule has 1 aromatic carbocycles. The molecule has 0 spiro atoms. The molecule has 1 aromatic rings. The average molecular weight is 283 g/mol. The van der Waals surface area contributed by atoms with E-state index in [1.165, 1.54) is 6.07 Å². The van der Waals surface area contributed by atoms with Crippen molar-refractivity contribution in [3.05, 3.63) is 34.1 Å². The Morgan fingerprint density at radius 3 is 2.60 bits per heavy atom. The van der Waals surface area contributed by atoms with E-state index < -0.39 is 24.1 Å². The second kappa shape index (κ2) is 4.22. The molecule has 82 valence electrons. The number of hydrogen-bond acceptors (Lipinski definition) is 1. The van der Waals surface area contributed by atoms with Crippen LogP contribution in [0.25, 0.3) is 0 Å². The molecule has 0 amide bonds. The Labute approximate surface area is 91.8 Å². The first kappa shape index (κ1) is 12.0. The smallest absolute Gasteiger partial charge is 0.374 e. The zero-order chi connectivity index (χ0) is 11.6. The third-order valence-electron chi connectivity index (χ3n) is 1.73. The lowest BCUT2D eigenvalue weighted by Crippen LogP contribution is -2.30. The van der Waals surface area contributed by atoms with E-state index in [2.05, 4.69) is 15.9 Å². The van der Waals surface area contributed by atoms with E-state index in [0.717, 1.165) is 12.1 Å². The second-order valence-electron chi connectivity index (χ2n) is 2.92. The van der Waals surface area contributed by atoms with Gasteiger partial charge in [0.1, 0.15) is 5.82 Å². The summed E-state index contributed by atoms with van der Waals surface area (Å²) in [5.74, 6) is -6.80. The average Bonchev–Trinajstić information content (AvgIpc) is 2.10. The number of hydrogen-bond donors (Lipinski definition) is 1. The Bertz CT molecular complexity index is 393. The molecule has 0 saturated carbocycles. The minimum Gasteiger partial charge on any atom is -0.477 e. The summed E-state index contributed by atoms with van der Waals surface area (Å²) in [6, 6.07) is 3.22. The van der Waals surface area contributed by atoms with Crippen molar-refractivity contribution in [3.8, 4) is 0 Å². The number of rotatable bonds is 3. The van der Waals surface area contributed by atoms with Crippen LogP contribution in [0.3, 0.4) is 0 Å². The molecule has 0 saturated heterocycles. The van der Waals surface area contributed by atoms with Gasteiger partial charge < -0.3 is 5.11 Å². The van der Waals surface area contributed by atoms with Crippen LogP contribution in [0.5, 0.6) is 0 Å². The summed E-state index contributed by atoms with van der Waals surface area (Å²) in [5, 5.41) is 8.20. The van der Waals surface area contributed by atoms with Crippen molar-refractivity contribution in [1.29, 1.82) is 0 Å². The first-order chi connectivity index (χ1) is 6.83. The molecule has 0 aliphatic rings. The summed E-state index contributed by atoms with van der Waals surface area (Å²) in [4.78, 5) is 10.2. The van der Waals surface area contributed by atoms with Crippen molar-refractivity contribution >= 4 is 21.9 Å². The van der Waals surface area contributed by atoms with Gasteiger partial charge in [-0.2, -0.15) is 8.78 Å². The van der Waals surface area contributed by atoms with Crippen LogP contribution in [0.2, 0.25) is 0 Å². The molecule has 0 radical (unpaired) electrons. The van der Waals surface area contributed by atoms with E-state index in [9.17, 15) is 18.0 Å². The molecule has 0 unspecified atom stereocenters. The summed E-state index contributed by atoms with van der Waals surface area (Å²) in [6.45, 7) is 0. The lowest BCUT2D eigenvalue weighted by atomic mass is 10.1. The van der Waals surface area contributed by atoms with Crippen LogP contribution < -0.4 is 0 Å². The largest absolute Gasteiger partial charge is 0.477 e. The van der Waals surface area contributed by atoms with Crippen molar-refractivity contribution in [3.63, 3.8) is 0 Å². The van der Waals surface area contributed by atoms with Gasteiger partial charge in [-0.25, -0.2) is 9.18 Å². The highest BCUT2D eigenvalue weighted by atomic mass is 79.9. The molecule has 0 fully saturated rings. The van der Waals surface area contributed by atoms with Crippen LogP contribution in [0, 0.1) is 5.82 Å². The van der Waals surface area contributed by atoms with Crippen molar-refractivity contribution in [2.45, 2.75) is 12.3 Å². The molecule has 0 bridgehead atoms. The first-order valence-electron chi connectivity index (χ1n) is 3.88. The maximum absolute atomic E-state index is 12.8. The van der Waals surface area contributed by atoms with Gasteiger partial charge in [-0.1, -0.05) is 15.9 Å². The summed E-state index contributed by atoms with van der Waals surface area (Å²) in [7, 11) is 0. The van der Waals surface area contributed by atoms with E-state index in [-0.39, 0.29) is 10.0 Å². The van der Waals surface area contributed by atoms with Gasteiger partial charge in [-0.3, -0.25) is 0 Å². The van der Waals surface area contributed by atoms with Gasteiger partial charge in [0.15, 0.2) is 0 Å². The van der Waals surface area contributed by atoms with Gasteiger partial charge in [0, 0.05) is 10.9 Å². The van der Waals surface area contributed by atoms with Gasteiger partial charge in [0.2, 0.25) is 0 Å². The molecule has 1 N–H and O–H groups in total. The van der Waals surface area contributed by atoms with Crippen LogP contribution in [0.15, 0.2) is 22.7 Å². The Balaban J connectivity index is 2.99. The minimum atomic E-state index is -3.89. The maximum atomic E-state index is 12.8. The number of alkyl halides is 2. The van der Waals surface area contributed by atoms with E-state index in [0.29, 0.717) is 0 Å². The quantitative estimate of drug-likeness (QED) is 0.926. The van der Waals surface area contributed by atoms with E-state index in [4.69, 9.17) is 5.11 Å². The molecular weight excluding hydrogens is 277 g/mol. The minimum absolute atomic E-state index is 0.0811. The topological polar surface area (TPSA) is 37.3 Å². The summed E-state index contributed by atoms with van der Waals surface area (Å²) >= 11 is 2.94. The van der Waals surface area contributed by atoms with Gasteiger partial charge in [-0.15, -0.1) is 0 Å². The van der Waals surface area contributed by atoms with Crippen LogP contribution in [0.4, 0.5) is 13.2 Å². The molecule has 0 aliphatic heterocycles. The summed E-state index contributed by atoms with van der Waals surface area (Å²) < 4.78 is 38.6. The van der Waals surface area contributed by atoms with Crippen LogP contribution >= 0.6 is 15.9 Å². The first-order valence-corrected chi connectivity index (χ1v) is 4.67. The summed E-state index contributed by atoms with van der Waals surface area (Å²) in [6.07, 6.45) is -1.04. The third kappa shape index (κ3) is 2.95. The molecule has 0 atom stereocenters. The van der Waals surface area contributed by atoms with E-state index in [1.54, 1.807) is 0 Å². The third-order valence-corrected chi connectivity index (χ3v) is 2.51. The summed E-state index contributed by atoms with van der Waals surface area (Å²) in [5.41, 5.74) is -0.0811. The molecule has 6 heteroatoms.